The molecule has 0 radical (unpaired) electrons. The fourth-order valence-electron chi connectivity index (χ4n) is 15.9. The van der Waals surface area contributed by atoms with Crippen molar-refractivity contribution in [2.75, 3.05) is 41.0 Å². The summed E-state index contributed by atoms with van der Waals surface area (Å²) in [6, 6.07) is 47.4. The first-order valence-corrected chi connectivity index (χ1v) is 41.9. The molecule has 32 heteroatoms. The number of pyridine rings is 3. The number of carbonyl (C=O) groups is 11. The Labute approximate surface area is 756 Å². The molecule has 6 aromatic carbocycles. The molecular weight excluding hydrogens is 1680 g/mol. The average Bonchev–Trinajstić information content (AvgIpc) is 1.63. The molecule has 6 aliphatic heterocycles. The predicted molar refractivity (Wildman–Crippen MR) is 478 cm³/mol. The molecule has 662 valence electrons. The van der Waals surface area contributed by atoms with Crippen molar-refractivity contribution in [2.45, 2.75) is 66.1 Å². The lowest BCUT2D eigenvalue weighted by Gasteiger charge is -2.25. The fraction of sp³-hybridized carbons (Fsp3) is 0.230. The van der Waals surface area contributed by atoms with Gasteiger partial charge in [-0.15, -0.1) is 0 Å². The molecule has 0 spiro atoms. The number of imide groups is 3. The van der Waals surface area contributed by atoms with E-state index in [2.05, 4.69) is 71.8 Å². The maximum Gasteiger partial charge on any atom is 0.313 e. The van der Waals surface area contributed by atoms with E-state index >= 15 is 0 Å². The van der Waals surface area contributed by atoms with Gasteiger partial charge in [-0.3, -0.25) is 82.7 Å². The molecule has 3 saturated heterocycles. The van der Waals surface area contributed by atoms with E-state index in [1.165, 1.54) is 21.3 Å². The lowest BCUT2D eigenvalue weighted by molar-refractivity contribution is -0.138. The molecule has 18 rings (SSSR count). The summed E-state index contributed by atoms with van der Waals surface area (Å²) in [6.45, 7) is 6.04. The molecule has 12 aromatic rings. The molecule has 4 N–H and O–H groups in total. The third kappa shape index (κ3) is 18.6. The van der Waals surface area contributed by atoms with Gasteiger partial charge in [0, 0.05) is 152 Å². The Morgan fingerprint density at radius 1 is 0.417 bits per heavy atom. The van der Waals surface area contributed by atoms with Crippen LogP contribution in [-0.4, -0.2) is 170 Å². The van der Waals surface area contributed by atoms with Gasteiger partial charge in [-0.25, -0.2) is 15.0 Å². The number of hydrogen-bond donors (Lipinski definition) is 4. The smallest absolute Gasteiger partial charge is 0.313 e. The third-order valence-corrected chi connectivity index (χ3v) is 23.0. The van der Waals surface area contributed by atoms with Crippen LogP contribution in [0.4, 0.5) is 0 Å². The van der Waals surface area contributed by atoms with Gasteiger partial charge in [0.1, 0.15) is 56.3 Å². The Bertz CT molecular complexity index is 6960. The Kier molecular flexibility index (Phi) is 24.7. The number of nitrogens with zero attached hydrogens (tertiary/aromatic N) is 12. The summed E-state index contributed by atoms with van der Waals surface area (Å²) in [5, 5.41) is 30.1. The first-order valence-electron chi connectivity index (χ1n) is 41.9. The maximum absolute atomic E-state index is 13.2. The largest absolute Gasteiger partial charge is 0.506 e. The molecule has 9 amide bonds. The van der Waals surface area contributed by atoms with Crippen molar-refractivity contribution >= 4 is 65.1 Å². The highest BCUT2D eigenvalue weighted by molar-refractivity contribution is 6.11. The van der Waals surface area contributed by atoms with Crippen LogP contribution >= 0.6 is 0 Å². The Morgan fingerprint density at radius 3 is 1.03 bits per heavy atom. The molecule has 132 heavy (non-hydrogen) atoms. The monoisotopic (exact) mass is 1770 g/mol. The van der Waals surface area contributed by atoms with Gasteiger partial charge in [0.2, 0.25) is 35.4 Å². The second-order valence-electron chi connectivity index (χ2n) is 32.7. The van der Waals surface area contributed by atoms with Gasteiger partial charge in [0.25, 0.3) is 17.7 Å². The standard InChI is InChI=1S/C35H31N5O6.C34H29N5O6.C31H25N5O5/c1-21(2)33(43)46-29-12-11-28(25-17-36-39(3)18-25)37-31(29)23-7-5-22(6-8-23)13-14-35(16-30(41)38-34(35)44)20-40-19-24-9-10-26(45-4)15-27(24)32(40)42;1-4-30(41)45-28-12-11-27(24-17-35-38(2)18-24)36-31(28)22-7-5-21(6-8-22)13-14-34(16-29(40)37-33(34)43)20-39-19-23-9-10-25(44-3)15-26(23)32(39)42;1-35-16-22(15-32-35)25-9-10-26(37)28(33-25)20-5-3-19(4-6-20)11-12-31(14-27(38)34-30(31)40)18-36-17-21-7-8-23(41-2)13-24(21)29(36)39/h5-12,15,17-18,21H,16,19-20H2,1-4H3,(H,38,41,44);5-12,15,17-18H,4,16,19-20H2,1-3H3,(H,37,40,43);3-10,13,15-16,37H,14,17-18H2,1-2H3,(H,34,38,40)/t35-;34-;31-/m111/s1. The van der Waals surface area contributed by atoms with E-state index in [4.69, 9.17) is 33.7 Å². The SMILES string of the molecule is CCC(=O)Oc1ccc(-c2cnn(C)c2)nc1-c1ccc(C#C[C@]2(CN3Cc4ccc(OC)cc4C3=O)CC(=O)NC2=O)cc1.COc1ccc2c(c1)C(=O)N(C[C@@]1(C#Cc3ccc(-c4nc(-c5cnn(C)c5)ccc4O)cc3)CC(=O)NC1=O)C2.COc1ccc2c(c1)C(=O)N(C[C@@]1(C#Cc3ccc(-c4nc(-c5cnn(C)c5)ccc4OC(=O)C(C)C)cc3)CC(=O)NC1=O)C2. The number of aryl methyl sites for hydroxylation is 3. The highest BCUT2D eigenvalue weighted by Crippen LogP contribution is 2.41. The molecule has 6 aromatic heterocycles. The quantitative estimate of drug-likeness (QED) is 0.0332. The average molecular weight is 1770 g/mol. The van der Waals surface area contributed by atoms with E-state index in [-0.39, 0.29) is 86.6 Å². The summed E-state index contributed by atoms with van der Waals surface area (Å²) < 4.78 is 32.0. The molecule has 32 nitrogen and oxygen atoms in total. The van der Waals surface area contributed by atoms with E-state index in [1.807, 2.05) is 57.9 Å². The van der Waals surface area contributed by atoms with Gasteiger partial charge in [-0.1, -0.05) is 111 Å². The summed E-state index contributed by atoms with van der Waals surface area (Å²) in [7, 11) is 10.0. The zero-order valence-corrected chi connectivity index (χ0v) is 73.0. The zero-order chi connectivity index (χ0) is 93.0. The van der Waals surface area contributed by atoms with Gasteiger partial charge in [0.15, 0.2) is 11.5 Å². The van der Waals surface area contributed by atoms with E-state index < -0.39 is 51.7 Å². The predicted octanol–water partition coefficient (Wildman–Crippen LogP) is 10.2. The summed E-state index contributed by atoms with van der Waals surface area (Å²) in [5.41, 5.74) is 9.37. The number of methoxy groups -OCH3 is 3. The highest BCUT2D eigenvalue weighted by atomic mass is 16.5. The Hall–Kier alpha value is -17.0. The molecule has 0 saturated carbocycles. The highest BCUT2D eigenvalue weighted by Gasteiger charge is 2.52. The summed E-state index contributed by atoms with van der Waals surface area (Å²) in [6.07, 6.45) is 10.4. The molecule has 0 bridgehead atoms. The van der Waals surface area contributed by atoms with Crippen LogP contribution in [0.3, 0.4) is 0 Å². The van der Waals surface area contributed by atoms with E-state index in [1.54, 1.807) is 214 Å². The zero-order valence-electron chi connectivity index (χ0n) is 73.0. The first kappa shape index (κ1) is 88.5. The topological polar surface area (TPSA) is 392 Å². The van der Waals surface area contributed by atoms with Crippen LogP contribution in [0, 0.1) is 57.7 Å². The molecule has 3 fully saturated rings. The van der Waals surface area contributed by atoms with Crippen molar-refractivity contribution in [2.24, 2.45) is 43.3 Å². The number of ether oxygens (including phenoxy) is 5. The van der Waals surface area contributed by atoms with Crippen molar-refractivity contribution in [3.05, 3.63) is 251 Å². The van der Waals surface area contributed by atoms with Gasteiger partial charge in [0.05, 0.1) is 82.2 Å². The Balaban J connectivity index is 0.000000145. The normalized spacial score (nSPS) is 17.3. The van der Waals surface area contributed by atoms with Crippen molar-refractivity contribution in [3.8, 4) is 138 Å². The number of aromatic hydroxyl groups is 1. The third-order valence-electron chi connectivity index (χ3n) is 23.0. The van der Waals surface area contributed by atoms with E-state index in [0.29, 0.717) is 133 Å². The number of aromatic nitrogens is 9. The van der Waals surface area contributed by atoms with Gasteiger partial charge in [-0.05, 0) is 126 Å². The number of amides is 9. The van der Waals surface area contributed by atoms with Crippen molar-refractivity contribution in [1.29, 1.82) is 0 Å². The van der Waals surface area contributed by atoms with Crippen LogP contribution in [-0.2, 0) is 79.1 Å². The van der Waals surface area contributed by atoms with E-state index in [0.717, 1.165) is 33.4 Å². The molecular formula is C100H85N15O17. The van der Waals surface area contributed by atoms with Crippen LogP contribution in [0.2, 0.25) is 0 Å². The number of esters is 2. The number of carbonyl (C=O) groups excluding carboxylic acids is 11. The van der Waals surface area contributed by atoms with Crippen LogP contribution in [0.15, 0.2) is 201 Å². The minimum absolute atomic E-state index is 0.0234. The van der Waals surface area contributed by atoms with Crippen molar-refractivity contribution < 1.29 is 81.5 Å². The second kappa shape index (κ2) is 36.8. The number of rotatable bonds is 19. The Morgan fingerprint density at radius 2 is 0.735 bits per heavy atom. The van der Waals surface area contributed by atoms with Gasteiger partial charge >= 0.3 is 11.9 Å². The molecule has 12 heterocycles. The second-order valence-corrected chi connectivity index (χ2v) is 32.7. The van der Waals surface area contributed by atoms with Crippen molar-refractivity contribution in [1.82, 2.24) is 74.9 Å². The molecule has 0 unspecified atom stereocenters. The van der Waals surface area contributed by atoms with Crippen LogP contribution in [0.1, 0.15) is 111 Å². The lowest BCUT2D eigenvalue weighted by atomic mass is 9.85. The fourth-order valence-corrected chi connectivity index (χ4v) is 15.9. The minimum atomic E-state index is -1.41. The maximum atomic E-state index is 13.2. The molecule has 6 aliphatic rings. The van der Waals surface area contributed by atoms with Gasteiger partial charge < -0.3 is 43.5 Å². The summed E-state index contributed by atoms with van der Waals surface area (Å²) in [4.78, 5) is 159. The van der Waals surface area contributed by atoms with Crippen LogP contribution < -0.4 is 39.6 Å². The summed E-state index contributed by atoms with van der Waals surface area (Å²) >= 11 is 0. The van der Waals surface area contributed by atoms with Crippen LogP contribution in [0.25, 0.3) is 67.5 Å². The van der Waals surface area contributed by atoms with E-state index in [9.17, 15) is 57.8 Å². The number of benzene rings is 6. The van der Waals surface area contributed by atoms with Crippen molar-refractivity contribution in [3.63, 3.8) is 0 Å². The first-order chi connectivity index (χ1) is 63.5. The number of hydrogen-bond acceptors (Lipinski definition) is 23. The van der Waals surface area contributed by atoms with Gasteiger partial charge in [-0.2, -0.15) is 15.3 Å². The minimum Gasteiger partial charge on any atom is -0.506 e. The number of fused-ring (bicyclic) bond motifs is 3. The van der Waals surface area contributed by atoms with Crippen LogP contribution in [0.5, 0.6) is 34.5 Å². The summed E-state index contributed by atoms with van der Waals surface area (Å²) in [5.74, 6) is 15.8. The number of nitrogens with one attached hydrogen (secondary N) is 3. The molecule has 3 atom stereocenters. The lowest BCUT2D eigenvalue weighted by Crippen LogP contribution is -2.42. The molecule has 0 aliphatic carbocycles.